The van der Waals surface area contributed by atoms with Crippen molar-refractivity contribution in [1.82, 2.24) is 4.90 Å². The summed E-state index contributed by atoms with van der Waals surface area (Å²) in [6, 6.07) is 31.5. The van der Waals surface area contributed by atoms with Gasteiger partial charge >= 0.3 is 6.09 Å². The van der Waals surface area contributed by atoms with Crippen LogP contribution in [0.3, 0.4) is 0 Å². The smallest absolute Gasteiger partial charge is 0.417 e. The van der Waals surface area contributed by atoms with Gasteiger partial charge in [-0.3, -0.25) is 4.79 Å². The van der Waals surface area contributed by atoms with Gasteiger partial charge in [0.1, 0.15) is 30.8 Å². The monoisotopic (exact) mass is 550 g/mol. The van der Waals surface area contributed by atoms with Crippen molar-refractivity contribution in [2.75, 3.05) is 11.9 Å². The zero-order valence-electron chi connectivity index (χ0n) is 22.5. The molecule has 0 spiro atoms. The molecule has 1 heterocycles. The number of hydrogen-bond acceptors (Lipinski definition) is 5. The van der Waals surface area contributed by atoms with Crippen molar-refractivity contribution in [2.45, 2.75) is 25.1 Å². The van der Waals surface area contributed by atoms with Crippen molar-refractivity contribution in [3.8, 4) is 5.75 Å². The largest absolute Gasteiger partial charge is 0.489 e. The van der Waals surface area contributed by atoms with Gasteiger partial charge in [-0.05, 0) is 59.5 Å². The van der Waals surface area contributed by atoms with Gasteiger partial charge in [0, 0.05) is 5.69 Å². The SMILES string of the molecule is C=CC[C@@H](C(=O)N1C(=O)OC[C@@H]1c1ccccc1)[C@H](Nc1ccc(F)cc1)c1ccc(OCc2ccccc2)cc1. The van der Waals surface area contributed by atoms with Crippen molar-refractivity contribution < 1.29 is 23.5 Å². The zero-order valence-corrected chi connectivity index (χ0v) is 22.5. The Bertz CT molecular complexity index is 1460. The zero-order chi connectivity index (χ0) is 28.6. The lowest BCUT2D eigenvalue weighted by Gasteiger charge is -2.31. The number of benzene rings is 4. The number of amides is 2. The average Bonchev–Trinajstić information content (AvgIpc) is 3.41. The molecule has 208 valence electrons. The van der Waals surface area contributed by atoms with Gasteiger partial charge in [0.15, 0.2) is 0 Å². The molecule has 0 bridgehead atoms. The lowest BCUT2D eigenvalue weighted by Crippen LogP contribution is -2.42. The molecule has 1 saturated heterocycles. The molecule has 4 aromatic carbocycles. The summed E-state index contributed by atoms with van der Waals surface area (Å²) in [4.78, 5) is 28.3. The molecule has 1 aliphatic rings. The summed E-state index contributed by atoms with van der Waals surface area (Å²) in [6.45, 7) is 4.39. The van der Waals surface area contributed by atoms with Gasteiger partial charge in [0.05, 0.1) is 12.0 Å². The summed E-state index contributed by atoms with van der Waals surface area (Å²) in [5.74, 6) is -0.788. The maximum Gasteiger partial charge on any atom is 0.417 e. The molecular weight excluding hydrogens is 519 g/mol. The molecule has 0 aromatic heterocycles. The first-order valence-electron chi connectivity index (χ1n) is 13.5. The van der Waals surface area contributed by atoms with Crippen molar-refractivity contribution in [2.24, 2.45) is 5.92 Å². The average molecular weight is 551 g/mol. The van der Waals surface area contributed by atoms with Crippen molar-refractivity contribution in [1.29, 1.82) is 0 Å². The molecule has 6 nitrogen and oxygen atoms in total. The Kier molecular flexibility index (Phi) is 8.74. The Morgan fingerprint density at radius 1 is 0.976 bits per heavy atom. The van der Waals surface area contributed by atoms with E-state index in [9.17, 15) is 14.0 Å². The van der Waals surface area contributed by atoms with E-state index in [1.807, 2.05) is 84.9 Å². The van der Waals surface area contributed by atoms with Crippen LogP contribution in [0.15, 0.2) is 122 Å². The molecule has 0 saturated carbocycles. The van der Waals surface area contributed by atoms with Crippen LogP contribution in [-0.4, -0.2) is 23.5 Å². The number of rotatable bonds is 11. The fraction of sp³-hybridized carbons (Fsp3) is 0.176. The number of cyclic esters (lactones) is 1. The molecule has 41 heavy (non-hydrogen) atoms. The number of carbonyl (C=O) groups is 2. The van der Waals surface area contributed by atoms with E-state index in [0.717, 1.165) is 16.7 Å². The van der Waals surface area contributed by atoms with Gasteiger partial charge in [-0.15, -0.1) is 6.58 Å². The lowest BCUT2D eigenvalue weighted by molar-refractivity contribution is -0.134. The first kappa shape index (κ1) is 27.6. The Morgan fingerprint density at radius 3 is 2.29 bits per heavy atom. The standard InChI is InChI=1S/C34H31FN2O4/c1-2-9-30(33(38)37-31(23-41-34(37)39)25-12-7-4-8-13-25)32(36-28-18-16-27(35)17-19-28)26-14-20-29(21-15-26)40-22-24-10-5-3-6-11-24/h2-8,10-21,30-32,36H,1,9,22-23H2/t30-,31-,32-/m1/s1. The van der Waals surface area contributed by atoms with E-state index in [1.165, 1.54) is 17.0 Å². The molecule has 7 heteroatoms. The second kappa shape index (κ2) is 13.0. The van der Waals surface area contributed by atoms with E-state index >= 15 is 0 Å². The number of anilines is 1. The highest BCUT2D eigenvalue weighted by molar-refractivity contribution is 5.95. The highest BCUT2D eigenvalue weighted by Crippen LogP contribution is 2.36. The van der Waals surface area contributed by atoms with Gasteiger partial charge in [-0.1, -0.05) is 78.9 Å². The predicted molar refractivity (Wildman–Crippen MR) is 156 cm³/mol. The minimum Gasteiger partial charge on any atom is -0.489 e. The van der Waals surface area contributed by atoms with Crippen LogP contribution in [-0.2, 0) is 16.1 Å². The van der Waals surface area contributed by atoms with Crippen LogP contribution in [0.4, 0.5) is 14.9 Å². The summed E-state index contributed by atoms with van der Waals surface area (Å²) in [5.41, 5.74) is 3.29. The van der Waals surface area contributed by atoms with Crippen LogP contribution in [0, 0.1) is 11.7 Å². The van der Waals surface area contributed by atoms with Crippen LogP contribution in [0.5, 0.6) is 5.75 Å². The molecule has 3 atom stereocenters. The maximum absolute atomic E-state index is 14.2. The van der Waals surface area contributed by atoms with Crippen molar-refractivity contribution in [3.63, 3.8) is 0 Å². The molecule has 0 unspecified atom stereocenters. The van der Waals surface area contributed by atoms with Gasteiger partial charge in [-0.2, -0.15) is 0 Å². The van der Waals surface area contributed by atoms with Crippen LogP contribution < -0.4 is 10.1 Å². The van der Waals surface area contributed by atoms with E-state index < -0.39 is 24.1 Å². The topological polar surface area (TPSA) is 67.9 Å². The highest BCUT2D eigenvalue weighted by Gasteiger charge is 2.43. The molecule has 0 radical (unpaired) electrons. The number of nitrogens with zero attached hydrogens (tertiary/aromatic N) is 1. The van der Waals surface area contributed by atoms with Gasteiger partial charge in [-0.25, -0.2) is 14.1 Å². The maximum atomic E-state index is 14.2. The minimum absolute atomic E-state index is 0.0822. The number of nitrogens with one attached hydrogen (secondary N) is 1. The van der Waals surface area contributed by atoms with Crippen LogP contribution in [0.25, 0.3) is 0 Å². The number of ether oxygens (including phenoxy) is 2. The van der Waals surface area contributed by atoms with E-state index in [2.05, 4.69) is 11.9 Å². The summed E-state index contributed by atoms with van der Waals surface area (Å²) < 4.78 is 25.0. The van der Waals surface area contributed by atoms with E-state index in [-0.39, 0.29) is 24.8 Å². The van der Waals surface area contributed by atoms with Gasteiger partial charge < -0.3 is 14.8 Å². The van der Waals surface area contributed by atoms with Gasteiger partial charge in [0.25, 0.3) is 0 Å². The molecule has 2 amide bonds. The van der Waals surface area contributed by atoms with E-state index in [0.29, 0.717) is 18.0 Å². The molecule has 1 fully saturated rings. The molecular formula is C34H31FN2O4. The quantitative estimate of drug-likeness (QED) is 0.196. The predicted octanol–water partition coefficient (Wildman–Crippen LogP) is 7.47. The first-order valence-corrected chi connectivity index (χ1v) is 13.5. The fourth-order valence-electron chi connectivity index (χ4n) is 4.98. The Morgan fingerprint density at radius 2 is 1.63 bits per heavy atom. The van der Waals surface area contributed by atoms with Crippen LogP contribution >= 0.6 is 0 Å². The molecule has 5 rings (SSSR count). The Hall–Kier alpha value is -4.91. The molecule has 0 aliphatic carbocycles. The summed E-state index contributed by atoms with van der Waals surface area (Å²) >= 11 is 0. The lowest BCUT2D eigenvalue weighted by atomic mass is 9.88. The summed E-state index contributed by atoms with van der Waals surface area (Å²) in [6.07, 6.45) is 1.27. The molecule has 1 N–H and O–H groups in total. The number of carbonyl (C=O) groups excluding carboxylic acids is 2. The summed E-state index contributed by atoms with van der Waals surface area (Å²) in [5, 5.41) is 3.40. The number of imide groups is 1. The van der Waals surface area contributed by atoms with Crippen LogP contribution in [0.2, 0.25) is 0 Å². The normalized spacial score (nSPS) is 16.0. The third kappa shape index (κ3) is 6.64. The van der Waals surface area contributed by atoms with Crippen molar-refractivity contribution in [3.05, 3.63) is 144 Å². The first-order chi connectivity index (χ1) is 20.0. The van der Waals surface area contributed by atoms with E-state index in [1.54, 1.807) is 18.2 Å². The Balaban J connectivity index is 1.45. The van der Waals surface area contributed by atoms with Crippen LogP contribution in [0.1, 0.15) is 35.2 Å². The third-order valence-electron chi connectivity index (χ3n) is 7.09. The second-order valence-corrected chi connectivity index (χ2v) is 9.81. The number of hydrogen-bond donors (Lipinski definition) is 1. The highest BCUT2D eigenvalue weighted by atomic mass is 19.1. The summed E-state index contributed by atoms with van der Waals surface area (Å²) in [7, 11) is 0. The molecule has 1 aliphatic heterocycles. The third-order valence-corrected chi connectivity index (χ3v) is 7.09. The fourth-order valence-corrected chi connectivity index (χ4v) is 4.98. The van der Waals surface area contributed by atoms with E-state index in [4.69, 9.17) is 9.47 Å². The molecule has 4 aromatic rings. The Labute approximate surface area is 239 Å². The van der Waals surface area contributed by atoms with Crippen molar-refractivity contribution >= 4 is 17.7 Å². The minimum atomic E-state index is -0.717. The van der Waals surface area contributed by atoms with Gasteiger partial charge in [0.2, 0.25) is 5.91 Å². The number of allylic oxidation sites excluding steroid dienone is 1. The second-order valence-electron chi connectivity index (χ2n) is 9.81. The number of halogens is 1.